The Morgan fingerprint density at radius 3 is 2.33 bits per heavy atom. The summed E-state index contributed by atoms with van der Waals surface area (Å²) in [5, 5.41) is 10.6. The highest BCUT2D eigenvalue weighted by Gasteiger charge is 2.33. The predicted molar refractivity (Wildman–Crippen MR) is 126 cm³/mol. The van der Waals surface area contributed by atoms with Gasteiger partial charge in [-0.25, -0.2) is 4.79 Å². The summed E-state index contributed by atoms with van der Waals surface area (Å²) in [5.74, 6) is 2.30. The average molecular weight is 458 g/mol. The zero-order valence-corrected chi connectivity index (χ0v) is 20.0. The maximum absolute atomic E-state index is 12.3. The maximum atomic E-state index is 12.3. The fraction of sp³-hybridized carbons (Fsp3) is 0.500. The summed E-state index contributed by atoms with van der Waals surface area (Å²) in [5.41, 5.74) is 0.496. The molecule has 1 aliphatic rings. The number of hydrogen-bond donors (Lipinski definition) is 1. The van der Waals surface area contributed by atoms with E-state index in [1.807, 2.05) is 69.3 Å². The van der Waals surface area contributed by atoms with Crippen molar-refractivity contribution < 1.29 is 28.8 Å². The summed E-state index contributed by atoms with van der Waals surface area (Å²) >= 11 is 0. The number of piperidine rings is 1. The second-order valence-corrected chi connectivity index (χ2v) is 9.19. The number of β-amino-alcohol motifs (C(OH)–C–C–N with tert-alkyl or cyclic N) is 1. The molecule has 2 atom stereocenters. The van der Waals surface area contributed by atoms with E-state index in [1.54, 1.807) is 12.0 Å². The van der Waals surface area contributed by atoms with Gasteiger partial charge in [-0.2, -0.15) is 0 Å². The standard InChI is InChI=1S/C26H35NO6/c1-26(2,3)33-25(29)27-14-13-23(24(28)18-27)19-9-11-20(12-10-19)31-15-6-16-32-22-8-5-7-21(17-22)30-4/h5,7-12,17,23-24,28H,6,13-16,18H2,1-4H3. The number of hydrogen-bond acceptors (Lipinski definition) is 6. The Bertz CT molecular complexity index is 892. The Morgan fingerprint density at radius 1 is 1.03 bits per heavy atom. The van der Waals surface area contributed by atoms with E-state index in [1.165, 1.54) is 0 Å². The number of aliphatic hydroxyl groups is 1. The van der Waals surface area contributed by atoms with Crippen molar-refractivity contribution >= 4 is 6.09 Å². The molecular weight excluding hydrogens is 422 g/mol. The molecule has 1 fully saturated rings. The molecule has 1 aliphatic heterocycles. The van der Waals surface area contributed by atoms with Crippen LogP contribution in [-0.4, -0.2) is 61.2 Å². The zero-order valence-electron chi connectivity index (χ0n) is 20.0. The Morgan fingerprint density at radius 2 is 1.70 bits per heavy atom. The van der Waals surface area contributed by atoms with E-state index in [9.17, 15) is 9.90 Å². The minimum absolute atomic E-state index is 0.0194. The number of carbonyl (C=O) groups is 1. The Balaban J connectivity index is 1.41. The largest absolute Gasteiger partial charge is 0.497 e. The highest BCUT2D eigenvalue weighted by molar-refractivity contribution is 5.68. The van der Waals surface area contributed by atoms with Gasteiger partial charge < -0.3 is 29.0 Å². The van der Waals surface area contributed by atoms with Crippen molar-refractivity contribution in [3.8, 4) is 17.2 Å². The van der Waals surface area contributed by atoms with Crippen LogP contribution in [0, 0.1) is 0 Å². The number of carbonyl (C=O) groups excluding carboxylic acids is 1. The van der Waals surface area contributed by atoms with Crippen LogP contribution in [0.15, 0.2) is 48.5 Å². The lowest BCUT2D eigenvalue weighted by Gasteiger charge is -2.36. The summed E-state index contributed by atoms with van der Waals surface area (Å²) in [6.07, 6.45) is 0.425. The molecule has 3 rings (SSSR count). The first-order chi connectivity index (χ1) is 15.7. The third-order valence-corrected chi connectivity index (χ3v) is 5.41. The van der Waals surface area contributed by atoms with Gasteiger partial charge in [-0.3, -0.25) is 0 Å². The van der Waals surface area contributed by atoms with Crippen molar-refractivity contribution in [3.05, 3.63) is 54.1 Å². The topological polar surface area (TPSA) is 77.5 Å². The van der Waals surface area contributed by atoms with Gasteiger partial charge >= 0.3 is 6.09 Å². The molecule has 2 aromatic carbocycles. The molecule has 0 aromatic heterocycles. The van der Waals surface area contributed by atoms with Crippen LogP contribution in [0.5, 0.6) is 17.2 Å². The minimum atomic E-state index is -0.633. The summed E-state index contributed by atoms with van der Waals surface area (Å²) in [7, 11) is 1.63. The number of benzene rings is 2. The van der Waals surface area contributed by atoms with Crippen LogP contribution in [-0.2, 0) is 4.74 Å². The van der Waals surface area contributed by atoms with Gasteiger partial charge in [-0.1, -0.05) is 18.2 Å². The first-order valence-corrected chi connectivity index (χ1v) is 11.4. The third kappa shape index (κ3) is 7.56. The highest BCUT2D eigenvalue weighted by Crippen LogP contribution is 2.30. The lowest BCUT2D eigenvalue weighted by molar-refractivity contribution is -0.00152. The summed E-state index contributed by atoms with van der Waals surface area (Å²) in [6, 6.07) is 15.3. The molecule has 2 aromatic rings. The second kappa shape index (κ2) is 11.3. The molecule has 7 nitrogen and oxygen atoms in total. The van der Waals surface area contributed by atoms with Crippen molar-refractivity contribution in [2.75, 3.05) is 33.4 Å². The first kappa shape index (κ1) is 24.7. The molecule has 0 bridgehead atoms. The van der Waals surface area contributed by atoms with E-state index >= 15 is 0 Å². The number of aliphatic hydroxyl groups excluding tert-OH is 1. The third-order valence-electron chi connectivity index (χ3n) is 5.41. The van der Waals surface area contributed by atoms with Gasteiger partial charge in [-0.15, -0.1) is 0 Å². The van der Waals surface area contributed by atoms with Crippen LogP contribution >= 0.6 is 0 Å². The Hall–Kier alpha value is -2.93. The van der Waals surface area contributed by atoms with Gasteiger partial charge in [-0.05, 0) is 57.0 Å². The summed E-state index contributed by atoms with van der Waals surface area (Å²) < 4.78 is 22.1. The van der Waals surface area contributed by atoms with Gasteiger partial charge in [0.25, 0.3) is 0 Å². The second-order valence-electron chi connectivity index (χ2n) is 9.19. The van der Waals surface area contributed by atoms with E-state index in [0.717, 1.165) is 29.2 Å². The Kier molecular flexibility index (Phi) is 8.44. The molecular formula is C26H35NO6. The first-order valence-electron chi connectivity index (χ1n) is 11.4. The lowest BCUT2D eigenvalue weighted by Crippen LogP contribution is -2.47. The van der Waals surface area contributed by atoms with Gasteiger partial charge in [0.15, 0.2) is 0 Å². The van der Waals surface area contributed by atoms with Crippen LogP contribution in [0.4, 0.5) is 4.79 Å². The number of ether oxygens (including phenoxy) is 4. The fourth-order valence-corrected chi connectivity index (χ4v) is 3.75. The van der Waals surface area contributed by atoms with E-state index in [4.69, 9.17) is 18.9 Å². The van der Waals surface area contributed by atoms with Crippen molar-refractivity contribution in [2.45, 2.75) is 51.2 Å². The van der Waals surface area contributed by atoms with Crippen LogP contribution in [0.1, 0.15) is 45.1 Å². The number of rotatable bonds is 8. The molecule has 180 valence electrons. The normalized spacial score (nSPS) is 18.5. The van der Waals surface area contributed by atoms with E-state index in [2.05, 4.69) is 0 Å². The minimum Gasteiger partial charge on any atom is -0.497 e. The molecule has 0 aliphatic carbocycles. The van der Waals surface area contributed by atoms with Crippen LogP contribution in [0.25, 0.3) is 0 Å². The predicted octanol–water partition coefficient (Wildman–Crippen LogP) is 4.63. The number of amides is 1. The van der Waals surface area contributed by atoms with Crippen LogP contribution in [0.2, 0.25) is 0 Å². The van der Waals surface area contributed by atoms with Crippen molar-refractivity contribution in [1.29, 1.82) is 0 Å². The molecule has 1 amide bonds. The maximum Gasteiger partial charge on any atom is 0.410 e. The molecule has 7 heteroatoms. The van der Waals surface area contributed by atoms with Crippen LogP contribution in [0.3, 0.4) is 0 Å². The number of likely N-dealkylation sites (tertiary alicyclic amines) is 1. The van der Waals surface area contributed by atoms with Gasteiger partial charge in [0.05, 0.1) is 33.0 Å². The average Bonchev–Trinajstić information content (AvgIpc) is 2.78. The molecule has 0 radical (unpaired) electrons. The smallest absolute Gasteiger partial charge is 0.410 e. The number of methoxy groups -OCH3 is 1. The molecule has 2 unspecified atom stereocenters. The SMILES string of the molecule is COc1cccc(OCCCOc2ccc(C3CCN(C(=O)OC(C)(C)C)CC3O)cc2)c1. The zero-order chi connectivity index (χ0) is 23.8. The van der Waals surface area contributed by atoms with Crippen molar-refractivity contribution in [3.63, 3.8) is 0 Å². The molecule has 33 heavy (non-hydrogen) atoms. The lowest BCUT2D eigenvalue weighted by atomic mass is 9.87. The fourth-order valence-electron chi connectivity index (χ4n) is 3.75. The monoisotopic (exact) mass is 457 g/mol. The quantitative estimate of drug-likeness (QED) is 0.583. The van der Waals surface area contributed by atoms with Gasteiger partial charge in [0.2, 0.25) is 0 Å². The van der Waals surface area contributed by atoms with Crippen LogP contribution < -0.4 is 14.2 Å². The van der Waals surface area contributed by atoms with Gasteiger partial charge in [0.1, 0.15) is 22.8 Å². The molecule has 0 saturated carbocycles. The van der Waals surface area contributed by atoms with Crippen molar-refractivity contribution in [1.82, 2.24) is 4.90 Å². The van der Waals surface area contributed by atoms with E-state index < -0.39 is 11.7 Å². The molecule has 1 saturated heterocycles. The molecule has 1 heterocycles. The molecule has 1 N–H and O–H groups in total. The van der Waals surface area contributed by atoms with E-state index in [-0.39, 0.29) is 18.6 Å². The van der Waals surface area contributed by atoms with E-state index in [0.29, 0.717) is 26.2 Å². The molecule has 0 spiro atoms. The summed E-state index contributed by atoms with van der Waals surface area (Å²) in [6.45, 7) is 7.43. The summed E-state index contributed by atoms with van der Waals surface area (Å²) in [4.78, 5) is 13.8. The van der Waals surface area contributed by atoms with Gasteiger partial charge in [0, 0.05) is 24.9 Å². The number of nitrogens with zero attached hydrogens (tertiary/aromatic N) is 1. The van der Waals surface area contributed by atoms with Crippen molar-refractivity contribution in [2.24, 2.45) is 0 Å². The highest BCUT2D eigenvalue weighted by atomic mass is 16.6. The Labute approximate surface area is 196 Å².